The van der Waals surface area contributed by atoms with E-state index in [1.807, 2.05) is 0 Å². The number of nitrogens with zero attached hydrogens (tertiary/aromatic N) is 3. The quantitative estimate of drug-likeness (QED) is 0.804. The van der Waals surface area contributed by atoms with E-state index >= 15 is 0 Å². The number of halogens is 3. The summed E-state index contributed by atoms with van der Waals surface area (Å²) in [5.41, 5.74) is 0.676. The van der Waals surface area contributed by atoms with Crippen LogP contribution in [0.25, 0.3) is 11.3 Å². The van der Waals surface area contributed by atoms with Crippen LogP contribution in [0.15, 0.2) is 23.1 Å². The average Bonchev–Trinajstić information content (AvgIpc) is 2.68. The maximum absolute atomic E-state index is 13.5. The summed E-state index contributed by atoms with van der Waals surface area (Å²) in [6.07, 6.45) is -2.71. The monoisotopic (exact) mass is 411 g/mol. The molecule has 2 aromatic heterocycles. The van der Waals surface area contributed by atoms with Crippen molar-refractivity contribution in [2.45, 2.75) is 38.4 Å². The lowest BCUT2D eigenvalue weighted by Crippen LogP contribution is -2.49. The van der Waals surface area contributed by atoms with Crippen LogP contribution in [-0.2, 0) is 4.74 Å². The van der Waals surface area contributed by atoms with Gasteiger partial charge in [0.2, 0.25) is 11.5 Å². The molecule has 0 spiro atoms. The first-order chi connectivity index (χ1) is 13.7. The van der Waals surface area contributed by atoms with E-state index in [2.05, 4.69) is 25.0 Å². The van der Waals surface area contributed by atoms with E-state index < -0.39 is 23.9 Å². The molecule has 1 saturated heterocycles. The lowest BCUT2D eigenvalue weighted by molar-refractivity contribution is -0.152. The molecule has 1 atom stereocenters. The minimum absolute atomic E-state index is 0.0323. The van der Waals surface area contributed by atoms with Gasteiger partial charge in [-0.3, -0.25) is 10.1 Å². The zero-order valence-electron chi connectivity index (χ0n) is 15.8. The van der Waals surface area contributed by atoms with E-state index in [9.17, 15) is 22.8 Å². The summed E-state index contributed by atoms with van der Waals surface area (Å²) < 4.78 is 44.9. The van der Waals surface area contributed by atoms with Gasteiger partial charge in [-0.15, -0.1) is 0 Å². The maximum Gasteiger partial charge on any atom is 0.413 e. The van der Waals surface area contributed by atoms with Crippen molar-refractivity contribution in [1.82, 2.24) is 15.0 Å². The first-order valence-electron chi connectivity index (χ1n) is 8.95. The Morgan fingerprint density at radius 3 is 2.79 bits per heavy atom. The zero-order valence-corrected chi connectivity index (χ0v) is 15.8. The molecule has 1 fully saturated rings. The summed E-state index contributed by atoms with van der Waals surface area (Å²) in [5, 5.41) is 2.32. The minimum atomic E-state index is -4.41. The highest BCUT2D eigenvalue weighted by Crippen LogP contribution is 2.35. The standard InChI is InChI=1S/C18H20F3N5O3/c1-10-9-22-16(25-17(28)29-2)24-15(10)11-7-13(23-14(27)8-11)26-6-4-3-5-12(26)18(19,20)21/h7-9,12H,3-6H2,1-2H3,(H,23,27)(H,22,24,25,28). The number of rotatable bonds is 3. The molecule has 1 aliphatic heterocycles. The molecule has 0 aliphatic carbocycles. The van der Waals surface area contributed by atoms with E-state index in [1.54, 1.807) is 6.92 Å². The summed E-state index contributed by atoms with van der Waals surface area (Å²) in [6.45, 7) is 1.87. The maximum atomic E-state index is 13.5. The van der Waals surface area contributed by atoms with Crippen LogP contribution >= 0.6 is 0 Å². The number of anilines is 2. The Labute approximate surface area is 164 Å². The average molecular weight is 411 g/mol. The number of piperidine rings is 1. The van der Waals surface area contributed by atoms with Gasteiger partial charge in [-0.2, -0.15) is 13.2 Å². The number of aromatic amines is 1. The van der Waals surface area contributed by atoms with Crippen LogP contribution in [0, 0.1) is 6.92 Å². The molecule has 3 rings (SSSR count). The molecule has 1 amide bonds. The van der Waals surface area contributed by atoms with Gasteiger partial charge in [0.15, 0.2) is 0 Å². The molecule has 0 bridgehead atoms. The highest BCUT2D eigenvalue weighted by Gasteiger charge is 2.45. The van der Waals surface area contributed by atoms with Crippen molar-refractivity contribution in [3.05, 3.63) is 34.2 Å². The van der Waals surface area contributed by atoms with Gasteiger partial charge in [-0.1, -0.05) is 0 Å². The number of ether oxygens (including phenoxy) is 1. The number of amides is 1. The fourth-order valence-electron chi connectivity index (χ4n) is 3.32. The minimum Gasteiger partial charge on any atom is -0.453 e. The topological polar surface area (TPSA) is 100 Å². The van der Waals surface area contributed by atoms with Crippen LogP contribution in [0.4, 0.5) is 29.7 Å². The third kappa shape index (κ3) is 4.66. The number of aromatic nitrogens is 3. The van der Waals surface area contributed by atoms with Gasteiger partial charge in [0, 0.05) is 24.4 Å². The van der Waals surface area contributed by atoms with Crippen LogP contribution < -0.4 is 15.8 Å². The second-order valence-corrected chi connectivity index (χ2v) is 6.71. The number of H-pyrrole nitrogens is 1. The fraction of sp³-hybridized carbons (Fsp3) is 0.444. The van der Waals surface area contributed by atoms with Gasteiger partial charge in [0.1, 0.15) is 11.9 Å². The molecule has 0 saturated carbocycles. The molecule has 3 heterocycles. The molecule has 11 heteroatoms. The van der Waals surface area contributed by atoms with Gasteiger partial charge in [-0.25, -0.2) is 14.8 Å². The van der Waals surface area contributed by atoms with Gasteiger partial charge in [0.05, 0.1) is 12.8 Å². The Morgan fingerprint density at radius 1 is 1.34 bits per heavy atom. The molecule has 0 aromatic carbocycles. The summed E-state index contributed by atoms with van der Waals surface area (Å²) >= 11 is 0. The van der Waals surface area contributed by atoms with Crippen LogP contribution in [0.1, 0.15) is 24.8 Å². The highest BCUT2D eigenvalue weighted by atomic mass is 19.4. The molecular formula is C18H20F3N5O3. The van der Waals surface area contributed by atoms with Gasteiger partial charge in [0.25, 0.3) is 0 Å². The highest BCUT2D eigenvalue weighted by molar-refractivity contribution is 5.82. The van der Waals surface area contributed by atoms with E-state index in [-0.39, 0.29) is 24.7 Å². The van der Waals surface area contributed by atoms with Gasteiger partial charge in [-0.05, 0) is 37.8 Å². The summed E-state index contributed by atoms with van der Waals surface area (Å²) in [4.78, 5) is 35.4. The number of pyridine rings is 1. The summed E-state index contributed by atoms with van der Waals surface area (Å²) in [6, 6.07) is 1.04. The Bertz CT molecular complexity index is 960. The number of methoxy groups -OCH3 is 1. The van der Waals surface area contributed by atoms with E-state index in [1.165, 1.54) is 30.3 Å². The molecule has 2 aromatic rings. The number of hydrogen-bond acceptors (Lipinski definition) is 6. The van der Waals surface area contributed by atoms with Crippen LogP contribution in [0.3, 0.4) is 0 Å². The van der Waals surface area contributed by atoms with Crippen molar-refractivity contribution in [2.24, 2.45) is 0 Å². The van der Waals surface area contributed by atoms with Crippen molar-refractivity contribution < 1.29 is 22.7 Å². The number of carbonyl (C=O) groups is 1. The predicted octanol–water partition coefficient (Wildman–Crippen LogP) is 3.24. The normalized spacial score (nSPS) is 17.1. The smallest absolute Gasteiger partial charge is 0.413 e. The summed E-state index contributed by atoms with van der Waals surface area (Å²) in [5.74, 6) is 0.0282. The third-order valence-electron chi connectivity index (χ3n) is 4.66. The predicted molar refractivity (Wildman–Crippen MR) is 99.9 cm³/mol. The first-order valence-corrected chi connectivity index (χ1v) is 8.95. The molecule has 2 N–H and O–H groups in total. The number of aryl methyl sites for hydroxylation is 1. The van der Waals surface area contributed by atoms with Gasteiger partial charge < -0.3 is 14.6 Å². The molecule has 8 nitrogen and oxygen atoms in total. The van der Waals surface area contributed by atoms with Crippen LogP contribution in [-0.4, -0.2) is 46.9 Å². The molecule has 1 aliphatic rings. The Balaban J connectivity index is 2.02. The number of carbonyl (C=O) groups excluding carboxylic acids is 1. The Kier molecular flexibility index (Phi) is 5.76. The zero-order chi connectivity index (χ0) is 21.2. The fourth-order valence-corrected chi connectivity index (χ4v) is 3.32. The lowest BCUT2D eigenvalue weighted by atomic mass is 10.0. The van der Waals surface area contributed by atoms with Crippen molar-refractivity contribution in [3.63, 3.8) is 0 Å². The first kappa shape index (κ1) is 20.6. The van der Waals surface area contributed by atoms with E-state index in [4.69, 9.17) is 0 Å². The number of nitrogens with one attached hydrogen (secondary N) is 2. The molecule has 156 valence electrons. The Hall–Kier alpha value is -3.11. The number of hydrogen-bond donors (Lipinski definition) is 2. The van der Waals surface area contributed by atoms with E-state index in [0.717, 1.165) is 0 Å². The lowest BCUT2D eigenvalue weighted by Gasteiger charge is -2.38. The van der Waals surface area contributed by atoms with Crippen molar-refractivity contribution in [1.29, 1.82) is 0 Å². The van der Waals surface area contributed by atoms with Crippen LogP contribution in [0.2, 0.25) is 0 Å². The SMILES string of the molecule is COC(=O)Nc1ncc(C)c(-c2cc(N3CCCCC3C(F)(F)F)[nH]c(=O)c2)n1. The van der Waals surface area contributed by atoms with Crippen molar-refractivity contribution in [3.8, 4) is 11.3 Å². The molecule has 1 unspecified atom stereocenters. The Morgan fingerprint density at radius 2 is 2.10 bits per heavy atom. The third-order valence-corrected chi connectivity index (χ3v) is 4.66. The second kappa shape index (κ2) is 8.10. The largest absolute Gasteiger partial charge is 0.453 e. The van der Waals surface area contributed by atoms with Crippen LogP contribution in [0.5, 0.6) is 0 Å². The van der Waals surface area contributed by atoms with Crippen molar-refractivity contribution in [2.75, 3.05) is 23.9 Å². The second-order valence-electron chi connectivity index (χ2n) is 6.71. The number of alkyl halides is 3. The van der Waals surface area contributed by atoms with Crippen molar-refractivity contribution >= 4 is 17.9 Å². The van der Waals surface area contributed by atoms with Gasteiger partial charge >= 0.3 is 12.3 Å². The molecular weight excluding hydrogens is 391 g/mol. The molecule has 29 heavy (non-hydrogen) atoms. The van der Waals surface area contributed by atoms with E-state index in [0.29, 0.717) is 29.7 Å². The summed E-state index contributed by atoms with van der Waals surface area (Å²) in [7, 11) is 1.18. The molecule has 0 radical (unpaired) electrons.